The van der Waals surface area contributed by atoms with Gasteiger partial charge >= 0.3 is 0 Å². The largest absolute Gasteiger partial charge is 0.388 e. The molecule has 0 aliphatic carbocycles. The van der Waals surface area contributed by atoms with Crippen LogP contribution in [-0.4, -0.2) is 17.8 Å². The van der Waals surface area contributed by atoms with Gasteiger partial charge in [-0.25, -0.2) is 0 Å². The molecule has 0 aromatic heterocycles. The molecule has 0 bridgehead atoms. The maximum absolute atomic E-state index is 10.6. The molecule has 19 heavy (non-hydrogen) atoms. The maximum Gasteiger partial charge on any atom is 0.0820 e. The van der Waals surface area contributed by atoms with Gasteiger partial charge in [0.15, 0.2) is 0 Å². The summed E-state index contributed by atoms with van der Waals surface area (Å²) < 4.78 is 5.65. The lowest BCUT2D eigenvalue weighted by molar-refractivity contribution is 0.0530. The predicted molar refractivity (Wildman–Crippen MR) is 78.7 cm³/mol. The number of aliphatic hydroxyl groups excluding tert-OH is 1. The van der Waals surface area contributed by atoms with Gasteiger partial charge in [-0.2, -0.15) is 0 Å². The fourth-order valence-corrected chi connectivity index (χ4v) is 3.23. The monoisotopic (exact) mass is 262 g/mol. The van der Waals surface area contributed by atoms with Crippen molar-refractivity contribution in [3.05, 3.63) is 33.4 Å². The molecule has 0 amide bonds. The Hall–Kier alpha value is -0.860. The van der Waals surface area contributed by atoms with E-state index in [1.54, 1.807) is 0 Å². The van der Waals surface area contributed by atoms with Gasteiger partial charge in [0.1, 0.15) is 0 Å². The minimum Gasteiger partial charge on any atom is -0.388 e. The van der Waals surface area contributed by atoms with Crippen LogP contribution in [0.2, 0.25) is 0 Å². The van der Waals surface area contributed by atoms with E-state index in [4.69, 9.17) is 4.74 Å². The average Bonchev–Trinajstić information content (AvgIpc) is 2.87. The quantitative estimate of drug-likeness (QED) is 0.897. The van der Waals surface area contributed by atoms with E-state index in [0.29, 0.717) is 0 Å². The molecule has 1 aromatic rings. The molecule has 1 heterocycles. The van der Waals surface area contributed by atoms with Crippen LogP contribution in [0.3, 0.4) is 0 Å². The normalized spacial score (nSPS) is 20.8. The molecule has 0 saturated carbocycles. The van der Waals surface area contributed by atoms with Crippen LogP contribution < -0.4 is 0 Å². The molecule has 2 atom stereocenters. The van der Waals surface area contributed by atoms with Crippen molar-refractivity contribution in [1.82, 2.24) is 0 Å². The molecule has 1 aliphatic heterocycles. The van der Waals surface area contributed by atoms with E-state index >= 15 is 0 Å². The summed E-state index contributed by atoms with van der Waals surface area (Å²) in [6.45, 7) is 11.6. The molecule has 2 heteroatoms. The van der Waals surface area contributed by atoms with Crippen LogP contribution in [0.4, 0.5) is 0 Å². The Morgan fingerprint density at radius 3 is 2.00 bits per heavy atom. The summed E-state index contributed by atoms with van der Waals surface area (Å²) >= 11 is 0. The van der Waals surface area contributed by atoms with Crippen LogP contribution in [-0.2, 0) is 4.74 Å². The second kappa shape index (κ2) is 5.64. The summed E-state index contributed by atoms with van der Waals surface area (Å²) in [5.41, 5.74) is 7.57. The number of rotatable bonds is 3. The Morgan fingerprint density at radius 1 is 1.00 bits per heavy atom. The van der Waals surface area contributed by atoms with E-state index in [9.17, 15) is 5.11 Å². The maximum atomic E-state index is 10.6. The molecule has 1 N–H and O–H groups in total. The second-order valence-corrected chi connectivity index (χ2v) is 5.93. The van der Waals surface area contributed by atoms with Crippen molar-refractivity contribution < 1.29 is 9.84 Å². The summed E-state index contributed by atoms with van der Waals surface area (Å²) in [6.07, 6.45) is 2.76. The van der Waals surface area contributed by atoms with Gasteiger partial charge in [-0.15, -0.1) is 0 Å². The van der Waals surface area contributed by atoms with Crippen molar-refractivity contribution in [2.24, 2.45) is 0 Å². The number of benzene rings is 1. The first-order chi connectivity index (χ1) is 8.93. The molecule has 2 rings (SSSR count). The minimum absolute atomic E-state index is 0.232. The van der Waals surface area contributed by atoms with Crippen molar-refractivity contribution in [3.8, 4) is 0 Å². The van der Waals surface area contributed by atoms with Crippen LogP contribution >= 0.6 is 0 Å². The fraction of sp³-hybridized carbons (Fsp3) is 0.647. The third-order valence-corrected chi connectivity index (χ3v) is 4.90. The number of hydrogen-bond acceptors (Lipinski definition) is 2. The Morgan fingerprint density at radius 2 is 1.53 bits per heavy atom. The number of aliphatic hydroxyl groups is 1. The Bertz CT molecular complexity index is 442. The molecule has 0 radical (unpaired) electrons. The van der Waals surface area contributed by atoms with Gasteiger partial charge in [-0.05, 0) is 80.8 Å². The summed E-state index contributed by atoms with van der Waals surface area (Å²) in [4.78, 5) is 0. The Balaban J connectivity index is 2.32. The van der Waals surface area contributed by atoms with Crippen molar-refractivity contribution >= 4 is 0 Å². The van der Waals surface area contributed by atoms with Gasteiger partial charge in [0.2, 0.25) is 0 Å². The molecular formula is C17H26O2. The lowest BCUT2D eigenvalue weighted by Gasteiger charge is -2.24. The predicted octanol–water partition coefficient (Wildman–Crippen LogP) is 3.83. The zero-order valence-corrected chi connectivity index (χ0v) is 12.8. The SMILES string of the molecule is Cc1c(C)c(C)c(C(O)CC2CCCO2)c(C)c1C. The third kappa shape index (κ3) is 2.70. The molecule has 1 saturated heterocycles. The lowest BCUT2D eigenvalue weighted by atomic mass is 9.85. The fourth-order valence-electron chi connectivity index (χ4n) is 3.23. The first kappa shape index (κ1) is 14.5. The molecule has 1 fully saturated rings. The molecule has 1 aliphatic rings. The number of hydrogen-bond donors (Lipinski definition) is 1. The zero-order valence-electron chi connectivity index (χ0n) is 12.8. The highest BCUT2D eigenvalue weighted by Crippen LogP contribution is 2.33. The molecule has 106 valence electrons. The van der Waals surface area contributed by atoms with Gasteiger partial charge in [0.25, 0.3) is 0 Å². The average molecular weight is 262 g/mol. The second-order valence-electron chi connectivity index (χ2n) is 5.93. The van der Waals surface area contributed by atoms with E-state index in [-0.39, 0.29) is 6.10 Å². The highest BCUT2D eigenvalue weighted by Gasteiger charge is 2.24. The lowest BCUT2D eigenvalue weighted by Crippen LogP contribution is -2.14. The summed E-state index contributed by atoms with van der Waals surface area (Å²) in [6, 6.07) is 0. The van der Waals surface area contributed by atoms with E-state index < -0.39 is 6.10 Å². The summed E-state index contributed by atoms with van der Waals surface area (Å²) in [7, 11) is 0. The highest BCUT2D eigenvalue weighted by atomic mass is 16.5. The van der Waals surface area contributed by atoms with Crippen molar-refractivity contribution in [3.63, 3.8) is 0 Å². The van der Waals surface area contributed by atoms with Gasteiger partial charge in [0.05, 0.1) is 12.2 Å². The van der Waals surface area contributed by atoms with E-state index in [1.807, 2.05) is 0 Å². The molecule has 0 spiro atoms. The standard InChI is InChI=1S/C17H26O2/c1-10-11(2)13(4)17(14(5)12(10)3)16(18)9-15-7-6-8-19-15/h15-16,18H,6-9H2,1-5H3. The van der Waals surface area contributed by atoms with Crippen molar-refractivity contribution in [2.75, 3.05) is 6.61 Å². The first-order valence-electron chi connectivity index (χ1n) is 7.30. The Kier molecular flexibility index (Phi) is 4.32. The topological polar surface area (TPSA) is 29.5 Å². The van der Waals surface area contributed by atoms with Gasteiger partial charge in [0, 0.05) is 13.0 Å². The van der Waals surface area contributed by atoms with Crippen LogP contribution in [0.25, 0.3) is 0 Å². The summed E-state index contributed by atoms with van der Waals surface area (Å²) in [5, 5.41) is 10.6. The molecule has 2 nitrogen and oxygen atoms in total. The minimum atomic E-state index is -0.402. The number of ether oxygens (including phenoxy) is 1. The van der Waals surface area contributed by atoms with Crippen LogP contribution in [0.15, 0.2) is 0 Å². The van der Waals surface area contributed by atoms with E-state index in [1.165, 1.54) is 27.8 Å². The van der Waals surface area contributed by atoms with Crippen LogP contribution in [0, 0.1) is 34.6 Å². The summed E-state index contributed by atoms with van der Waals surface area (Å²) in [5.74, 6) is 0. The highest BCUT2D eigenvalue weighted by molar-refractivity contribution is 5.50. The molecular weight excluding hydrogens is 236 g/mol. The third-order valence-electron chi connectivity index (χ3n) is 4.90. The van der Waals surface area contributed by atoms with Crippen molar-refractivity contribution in [2.45, 2.75) is 66.1 Å². The molecule has 1 aromatic carbocycles. The smallest absolute Gasteiger partial charge is 0.0820 e. The first-order valence-corrected chi connectivity index (χ1v) is 7.30. The van der Waals surface area contributed by atoms with Gasteiger partial charge in [-0.1, -0.05) is 0 Å². The van der Waals surface area contributed by atoms with E-state index in [0.717, 1.165) is 31.4 Å². The van der Waals surface area contributed by atoms with E-state index in [2.05, 4.69) is 34.6 Å². The van der Waals surface area contributed by atoms with Crippen LogP contribution in [0.1, 0.15) is 58.7 Å². The zero-order chi connectivity index (χ0) is 14.2. The van der Waals surface area contributed by atoms with Crippen molar-refractivity contribution in [1.29, 1.82) is 0 Å². The molecule has 2 unspecified atom stereocenters. The Labute approximate surface area is 116 Å². The van der Waals surface area contributed by atoms with Gasteiger partial charge in [-0.3, -0.25) is 0 Å². The van der Waals surface area contributed by atoms with Crippen LogP contribution in [0.5, 0.6) is 0 Å². The van der Waals surface area contributed by atoms with Gasteiger partial charge < -0.3 is 9.84 Å².